The van der Waals surface area contributed by atoms with Crippen LogP contribution in [-0.4, -0.2) is 90.3 Å². The molecule has 2 saturated heterocycles. The lowest BCUT2D eigenvalue weighted by molar-refractivity contribution is 0.0776. The Kier molecular flexibility index (Phi) is 9.58. The monoisotopic (exact) mass is 725 g/mol. The Labute approximate surface area is 300 Å². The van der Waals surface area contributed by atoms with Crippen LogP contribution in [0, 0.1) is 0 Å². The molecule has 0 N–H and O–H groups in total. The zero-order chi connectivity index (χ0) is 35.4. The summed E-state index contributed by atoms with van der Waals surface area (Å²) in [7, 11) is -3.02. The van der Waals surface area contributed by atoms with Crippen LogP contribution in [0.5, 0.6) is 5.75 Å². The number of benzene rings is 2. The SMILES string of the molecule is CCOc1cc(C(C)(C)C)ncc1C1=N[C@@](C)(c2ccc(Cl)cc2)[C@@](C)(c2ccc(Cl)cc2)N1C(=O)N1CCN([C@@H]2CCS(=O)(=O)C2)CC1. The second kappa shape index (κ2) is 13.2. The molecule has 0 saturated carbocycles. The summed E-state index contributed by atoms with van der Waals surface area (Å²) in [5.74, 6) is 1.46. The largest absolute Gasteiger partial charge is 0.493 e. The maximum atomic E-state index is 15.2. The van der Waals surface area contributed by atoms with Crippen LogP contribution in [0.3, 0.4) is 0 Å². The van der Waals surface area contributed by atoms with Gasteiger partial charge in [-0.05, 0) is 62.6 Å². The maximum absolute atomic E-state index is 15.2. The van der Waals surface area contributed by atoms with E-state index >= 15 is 4.79 Å². The molecule has 0 radical (unpaired) electrons. The van der Waals surface area contributed by atoms with E-state index in [4.69, 9.17) is 37.9 Å². The van der Waals surface area contributed by atoms with Crippen molar-refractivity contribution in [3.8, 4) is 5.75 Å². The Morgan fingerprint density at radius 2 is 1.55 bits per heavy atom. The first-order valence-corrected chi connectivity index (χ1v) is 19.4. The smallest absolute Gasteiger partial charge is 0.326 e. The number of piperazine rings is 1. The van der Waals surface area contributed by atoms with Gasteiger partial charge in [-0.25, -0.2) is 13.2 Å². The Morgan fingerprint density at radius 3 is 2.08 bits per heavy atom. The Balaban J connectivity index is 1.50. The van der Waals surface area contributed by atoms with Crippen LogP contribution >= 0.6 is 23.2 Å². The van der Waals surface area contributed by atoms with Gasteiger partial charge >= 0.3 is 6.03 Å². The number of ether oxygens (including phenoxy) is 1. The summed E-state index contributed by atoms with van der Waals surface area (Å²) in [5, 5.41) is 1.19. The van der Waals surface area contributed by atoms with E-state index in [0.717, 1.165) is 16.8 Å². The Bertz CT molecular complexity index is 1850. The van der Waals surface area contributed by atoms with Gasteiger partial charge in [0.15, 0.2) is 9.84 Å². The molecule has 6 rings (SSSR count). The summed E-state index contributed by atoms with van der Waals surface area (Å²) < 4.78 is 30.7. The van der Waals surface area contributed by atoms with Crippen molar-refractivity contribution < 1.29 is 17.9 Å². The van der Waals surface area contributed by atoms with E-state index in [9.17, 15) is 8.42 Å². The van der Waals surface area contributed by atoms with Crippen LogP contribution in [0.1, 0.15) is 70.3 Å². The molecule has 3 aliphatic rings. The van der Waals surface area contributed by atoms with Crippen LogP contribution in [0.2, 0.25) is 10.0 Å². The van der Waals surface area contributed by atoms with Gasteiger partial charge < -0.3 is 9.64 Å². The number of amidine groups is 1. The number of urea groups is 1. The van der Waals surface area contributed by atoms with E-state index in [1.807, 2.05) is 78.2 Å². The lowest BCUT2D eigenvalue weighted by Gasteiger charge is -2.47. The fourth-order valence-electron chi connectivity index (χ4n) is 7.34. The van der Waals surface area contributed by atoms with Crippen LogP contribution < -0.4 is 4.74 Å². The van der Waals surface area contributed by atoms with E-state index in [1.54, 1.807) is 6.20 Å². The van der Waals surface area contributed by atoms with Crippen LogP contribution in [-0.2, 0) is 26.3 Å². The van der Waals surface area contributed by atoms with Crippen molar-refractivity contribution in [2.24, 2.45) is 4.99 Å². The van der Waals surface area contributed by atoms with Gasteiger partial charge in [0.25, 0.3) is 0 Å². The first-order chi connectivity index (χ1) is 23.1. The number of carbonyl (C=O) groups excluding carboxylic acids is 1. The van der Waals surface area contributed by atoms with Gasteiger partial charge in [0.1, 0.15) is 22.7 Å². The fraction of sp³-hybridized carbons (Fsp3) is 0.486. The van der Waals surface area contributed by atoms with Gasteiger partial charge in [-0.1, -0.05) is 68.2 Å². The predicted octanol–water partition coefficient (Wildman–Crippen LogP) is 6.90. The van der Waals surface area contributed by atoms with E-state index in [0.29, 0.717) is 66.4 Å². The van der Waals surface area contributed by atoms with Gasteiger partial charge in [-0.3, -0.25) is 19.8 Å². The maximum Gasteiger partial charge on any atom is 0.326 e. The van der Waals surface area contributed by atoms with Crippen LogP contribution in [0.25, 0.3) is 0 Å². The van der Waals surface area contributed by atoms with Crippen LogP contribution in [0.4, 0.5) is 4.79 Å². The molecule has 262 valence electrons. The molecule has 2 amide bonds. The first-order valence-electron chi connectivity index (χ1n) is 16.9. The molecular formula is C37H45Cl2N5O4S. The molecule has 2 aromatic carbocycles. The van der Waals surface area contributed by atoms with Crippen molar-refractivity contribution in [2.45, 2.75) is 70.5 Å². The number of rotatable bonds is 6. The third kappa shape index (κ3) is 6.57. The highest BCUT2D eigenvalue weighted by molar-refractivity contribution is 7.91. The molecule has 49 heavy (non-hydrogen) atoms. The number of pyridine rings is 1. The van der Waals surface area contributed by atoms with Crippen molar-refractivity contribution in [1.82, 2.24) is 19.7 Å². The summed E-state index contributed by atoms with van der Waals surface area (Å²) in [6.07, 6.45) is 2.41. The summed E-state index contributed by atoms with van der Waals surface area (Å²) in [5.41, 5.74) is 0.965. The minimum absolute atomic E-state index is 0.0140. The highest BCUT2D eigenvalue weighted by Crippen LogP contribution is 2.54. The number of nitrogens with zero attached hydrogens (tertiary/aromatic N) is 5. The van der Waals surface area contributed by atoms with Gasteiger partial charge in [-0.2, -0.15) is 0 Å². The highest BCUT2D eigenvalue weighted by atomic mass is 35.5. The summed E-state index contributed by atoms with van der Waals surface area (Å²) >= 11 is 12.8. The van der Waals surface area contributed by atoms with E-state index in [-0.39, 0.29) is 29.0 Å². The molecular weight excluding hydrogens is 681 g/mol. The average molecular weight is 727 g/mol. The molecule has 4 heterocycles. The molecule has 9 nitrogen and oxygen atoms in total. The molecule has 0 spiro atoms. The van der Waals surface area contributed by atoms with Gasteiger partial charge in [0, 0.05) is 65.6 Å². The number of sulfone groups is 1. The quantitative estimate of drug-likeness (QED) is 0.274. The van der Waals surface area contributed by atoms with E-state index < -0.39 is 20.9 Å². The van der Waals surface area contributed by atoms with E-state index in [1.165, 1.54) is 0 Å². The van der Waals surface area contributed by atoms with Gasteiger partial charge in [0.05, 0.1) is 23.7 Å². The molecule has 0 unspecified atom stereocenters. The lowest BCUT2D eigenvalue weighted by Crippen LogP contribution is -2.61. The lowest BCUT2D eigenvalue weighted by atomic mass is 9.71. The predicted molar refractivity (Wildman–Crippen MR) is 196 cm³/mol. The van der Waals surface area contributed by atoms with Crippen molar-refractivity contribution in [1.29, 1.82) is 0 Å². The molecule has 0 aliphatic carbocycles. The normalized spacial score (nSPS) is 25.8. The summed E-state index contributed by atoms with van der Waals surface area (Å²) in [4.78, 5) is 31.4. The second-order valence-corrected chi connectivity index (χ2v) is 17.6. The van der Waals surface area contributed by atoms with Gasteiger partial charge in [0.2, 0.25) is 0 Å². The topological polar surface area (TPSA) is 95.4 Å². The molecule has 3 aromatic rings. The third-order valence-corrected chi connectivity index (χ3v) is 12.7. The molecule has 0 bridgehead atoms. The first kappa shape index (κ1) is 35.6. The average Bonchev–Trinajstić information content (AvgIpc) is 3.55. The number of aromatic nitrogens is 1. The van der Waals surface area contributed by atoms with Crippen molar-refractivity contribution in [3.63, 3.8) is 0 Å². The van der Waals surface area contributed by atoms with E-state index in [2.05, 4.69) is 32.6 Å². The molecule has 3 atom stereocenters. The summed E-state index contributed by atoms with van der Waals surface area (Å²) in [6.45, 7) is 14.8. The number of amides is 2. The number of carbonyl (C=O) groups is 1. The minimum atomic E-state index is -3.02. The summed E-state index contributed by atoms with van der Waals surface area (Å²) in [6, 6.07) is 16.9. The number of hydrogen-bond donors (Lipinski definition) is 0. The Hall–Kier alpha value is -3.18. The third-order valence-electron chi connectivity index (χ3n) is 10.4. The molecule has 2 fully saturated rings. The fourth-order valence-corrected chi connectivity index (χ4v) is 9.35. The standard InChI is InChI=1S/C37H45Cl2N5O4S/c1-7-48-31-22-32(35(2,3)4)40-23-30(31)33-41-36(5,25-8-12-27(38)13-9-25)37(6,26-10-14-28(39)15-11-26)44(33)34(45)43-19-17-42(18-20-43)29-16-21-49(46,47)24-29/h8-15,22-23,29H,7,16-21,24H2,1-6H3/t29-,36+,37-/m1/s1. The van der Waals surface area contributed by atoms with Crippen molar-refractivity contribution in [3.05, 3.63) is 93.2 Å². The zero-order valence-electron chi connectivity index (χ0n) is 29.0. The molecule has 3 aliphatic heterocycles. The van der Waals surface area contributed by atoms with Crippen LogP contribution in [0.15, 0.2) is 65.8 Å². The van der Waals surface area contributed by atoms with Gasteiger partial charge in [-0.15, -0.1) is 0 Å². The Morgan fingerprint density at radius 1 is 0.959 bits per heavy atom. The highest BCUT2D eigenvalue weighted by Gasteiger charge is 2.60. The minimum Gasteiger partial charge on any atom is -0.493 e. The van der Waals surface area contributed by atoms with Crippen molar-refractivity contribution >= 4 is 44.9 Å². The number of aliphatic imine (C=N–C) groups is 1. The molecule has 1 aromatic heterocycles. The van der Waals surface area contributed by atoms with Crippen molar-refractivity contribution in [2.75, 3.05) is 44.3 Å². The number of hydrogen-bond acceptors (Lipinski definition) is 7. The second-order valence-electron chi connectivity index (χ2n) is 14.5. The molecule has 12 heteroatoms. The zero-order valence-corrected chi connectivity index (χ0v) is 31.4. The number of halogens is 2.